The maximum Gasteiger partial charge on any atom is 0.123 e. The van der Waals surface area contributed by atoms with Gasteiger partial charge in [-0.25, -0.2) is 4.39 Å². The Labute approximate surface area is 77.2 Å². The summed E-state index contributed by atoms with van der Waals surface area (Å²) in [4.78, 5) is 0. The van der Waals surface area contributed by atoms with Crippen molar-refractivity contribution in [3.8, 4) is 5.75 Å². The van der Waals surface area contributed by atoms with Crippen molar-refractivity contribution in [2.75, 3.05) is 0 Å². The molecule has 0 aliphatic rings. The minimum atomic E-state index is -0.322. The smallest absolute Gasteiger partial charge is 0.123 e. The van der Waals surface area contributed by atoms with E-state index in [9.17, 15) is 9.50 Å². The van der Waals surface area contributed by atoms with Gasteiger partial charge in [0.05, 0.1) is 0 Å². The third-order valence-corrected chi connectivity index (χ3v) is 1.91. The lowest BCUT2D eigenvalue weighted by atomic mass is 10.1. The molecule has 0 heterocycles. The van der Waals surface area contributed by atoms with Crippen molar-refractivity contribution in [3.63, 3.8) is 0 Å². The Kier molecular flexibility index (Phi) is 3.25. The summed E-state index contributed by atoms with van der Waals surface area (Å²) in [5.41, 5.74) is 6.18. The van der Waals surface area contributed by atoms with Gasteiger partial charge in [0.2, 0.25) is 0 Å². The van der Waals surface area contributed by atoms with Crippen LogP contribution in [0.2, 0.25) is 0 Å². The molecule has 0 aliphatic carbocycles. The van der Waals surface area contributed by atoms with E-state index in [-0.39, 0.29) is 17.6 Å². The molecular formula is C10H14FNO. The summed E-state index contributed by atoms with van der Waals surface area (Å²) in [6.07, 6.45) is 1.36. The van der Waals surface area contributed by atoms with E-state index in [1.165, 1.54) is 18.2 Å². The molecule has 0 bridgehead atoms. The van der Waals surface area contributed by atoms with Crippen molar-refractivity contribution in [2.45, 2.75) is 25.8 Å². The zero-order valence-electron chi connectivity index (χ0n) is 7.63. The van der Waals surface area contributed by atoms with Crippen LogP contribution in [0.5, 0.6) is 5.75 Å². The van der Waals surface area contributed by atoms with Crippen molar-refractivity contribution in [2.24, 2.45) is 5.73 Å². The first-order valence-electron chi connectivity index (χ1n) is 4.32. The van der Waals surface area contributed by atoms with Crippen LogP contribution in [-0.4, -0.2) is 11.1 Å². The van der Waals surface area contributed by atoms with Gasteiger partial charge >= 0.3 is 0 Å². The highest BCUT2D eigenvalue weighted by molar-refractivity contribution is 5.32. The van der Waals surface area contributed by atoms with E-state index in [0.717, 1.165) is 6.42 Å². The molecule has 0 aliphatic heterocycles. The molecule has 2 nitrogen and oxygen atoms in total. The Bertz CT molecular complexity index is 286. The fraction of sp³-hybridized carbons (Fsp3) is 0.400. The fourth-order valence-corrected chi connectivity index (χ4v) is 1.14. The molecule has 13 heavy (non-hydrogen) atoms. The first kappa shape index (κ1) is 9.99. The SMILES string of the molecule is C[C@@H](N)CCc1cc(F)ccc1O. The van der Waals surface area contributed by atoms with Crippen molar-refractivity contribution < 1.29 is 9.50 Å². The molecule has 0 radical (unpaired) electrons. The highest BCUT2D eigenvalue weighted by Crippen LogP contribution is 2.19. The van der Waals surface area contributed by atoms with E-state index < -0.39 is 0 Å². The van der Waals surface area contributed by atoms with Gasteiger partial charge in [-0.1, -0.05) is 0 Å². The number of hydrogen-bond acceptors (Lipinski definition) is 2. The van der Waals surface area contributed by atoms with Crippen LogP contribution >= 0.6 is 0 Å². The molecule has 3 heteroatoms. The minimum absolute atomic E-state index is 0.0719. The van der Waals surface area contributed by atoms with Crippen LogP contribution in [0.15, 0.2) is 18.2 Å². The second-order valence-electron chi connectivity index (χ2n) is 3.29. The van der Waals surface area contributed by atoms with Gasteiger partial charge in [-0.3, -0.25) is 0 Å². The standard InChI is InChI=1S/C10H14FNO/c1-7(12)2-3-8-6-9(11)4-5-10(8)13/h4-7,13H,2-3,12H2,1H3/t7-/m1/s1. The average Bonchev–Trinajstić information content (AvgIpc) is 2.06. The van der Waals surface area contributed by atoms with Crippen LogP contribution < -0.4 is 5.73 Å². The topological polar surface area (TPSA) is 46.2 Å². The summed E-state index contributed by atoms with van der Waals surface area (Å²) in [5, 5.41) is 9.34. The summed E-state index contributed by atoms with van der Waals surface area (Å²) in [6.45, 7) is 1.89. The quantitative estimate of drug-likeness (QED) is 0.750. The van der Waals surface area contributed by atoms with E-state index >= 15 is 0 Å². The summed E-state index contributed by atoms with van der Waals surface area (Å²) >= 11 is 0. The summed E-state index contributed by atoms with van der Waals surface area (Å²) in [6, 6.07) is 4.02. The van der Waals surface area contributed by atoms with E-state index in [0.29, 0.717) is 12.0 Å². The summed E-state index contributed by atoms with van der Waals surface area (Å²) < 4.78 is 12.7. The van der Waals surface area contributed by atoms with Crippen molar-refractivity contribution in [1.29, 1.82) is 0 Å². The zero-order chi connectivity index (χ0) is 9.84. The number of phenolic OH excluding ortho intramolecular Hbond substituents is 1. The normalized spacial score (nSPS) is 12.8. The molecule has 1 aromatic rings. The van der Waals surface area contributed by atoms with E-state index in [4.69, 9.17) is 5.73 Å². The predicted molar refractivity (Wildman–Crippen MR) is 50.0 cm³/mol. The first-order chi connectivity index (χ1) is 6.09. The molecule has 0 aromatic heterocycles. The maximum atomic E-state index is 12.7. The van der Waals surface area contributed by atoms with Gasteiger partial charge in [0.1, 0.15) is 11.6 Å². The number of halogens is 1. The molecule has 0 saturated heterocycles. The molecule has 1 aromatic carbocycles. The zero-order valence-corrected chi connectivity index (χ0v) is 7.63. The Morgan fingerprint density at radius 2 is 2.23 bits per heavy atom. The van der Waals surface area contributed by atoms with Crippen LogP contribution in [0, 0.1) is 5.82 Å². The molecule has 72 valence electrons. The highest BCUT2D eigenvalue weighted by Gasteiger charge is 2.03. The highest BCUT2D eigenvalue weighted by atomic mass is 19.1. The molecule has 0 unspecified atom stereocenters. The number of rotatable bonds is 3. The van der Waals surface area contributed by atoms with Gasteiger partial charge < -0.3 is 10.8 Å². The molecule has 0 fully saturated rings. The predicted octanol–water partition coefficient (Wildman–Crippen LogP) is 1.81. The van der Waals surface area contributed by atoms with Crippen LogP contribution in [0.4, 0.5) is 4.39 Å². The van der Waals surface area contributed by atoms with Crippen LogP contribution in [0.25, 0.3) is 0 Å². The number of aryl methyl sites for hydroxylation is 1. The van der Waals surface area contributed by atoms with Gasteiger partial charge in [0.15, 0.2) is 0 Å². The third kappa shape index (κ3) is 3.03. The number of phenols is 1. The average molecular weight is 183 g/mol. The summed E-state index contributed by atoms with van der Waals surface area (Å²) in [7, 11) is 0. The fourth-order valence-electron chi connectivity index (χ4n) is 1.14. The summed E-state index contributed by atoms with van der Waals surface area (Å²) in [5.74, 6) is -0.181. The second kappa shape index (κ2) is 4.23. The Morgan fingerprint density at radius 3 is 2.85 bits per heavy atom. The molecular weight excluding hydrogens is 169 g/mol. The van der Waals surface area contributed by atoms with Gasteiger partial charge in [-0.05, 0) is 43.5 Å². The molecule has 1 rings (SSSR count). The van der Waals surface area contributed by atoms with E-state index in [1.54, 1.807) is 0 Å². The Morgan fingerprint density at radius 1 is 1.54 bits per heavy atom. The van der Waals surface area contributed by atoms with Crippen LogP contribution in [-0.2, 0) is 6.42 Å². The first-order valence-corrected chi connectivity index (χ1v) is 4.32. The second-order valence-corrected chi connectivity index (χ2v) is 3.29. The van der Waals surface area contributed by atoms with E-state index in [1.807, 2.05) is 6.92 Å². The largest absolute Gasteiger partial charge is 0.508 e. The number of nitrogens with two attached hydrogens (primary N) is 1. The molecule has 1 atom stereocenters. The van der Waals surface area contributed by atoms with Gasteiger partial charge in [0, 0.05) is 6.04 Å². The third-order valence-electron chi connectivity index (χ3n) is 1.91. The molecule has 0 spiro atoms. The Balaban J connectivity index is 2.70. The van der Waals surface area contributed by atoms with Crippen molar-refractivity contribution in [3.05, 3.63) is 29.6 Å². The number of benzene rings is 1. The van der Waals surface area contributed by atoms with Gasteiger partial charge in [-0.2, -0.15) is 0 Å². The number of aromatic hydroxyl groups is 1. The Hall–Kier alpha value is -1.09. The monoisotopic (exact) mass is 183 g/mol. The van der Waals surface area contributed by atoms with Crippen molar-refractivity contribution in [1.82, 2.24) is 0 Å². The molecule has 3 N–H and O–H groups in total. The van der Waals surface area contributed by atoms with Gasteiger partial charge in [-0.15, -0.1) is 0 Å². The molecule has 0 amide bonds. The molecule has 0 saturated carbocycles. The lowest BCUT2D eigenvalue weighted by Crippen LogP contribution is -2.15. The van der Waals surface area contributed by atoms with Gasteiger partial charge in [0.25, 0.3) is 0 Å². The van der Waals surface area contributed by atoms with E-state index in [2.05, 4.69) is 0 Å². The maximum absolute atomic E-state index is 12.7. The number of hydrogen-bond donors (Lipinski definition) is 2. The van der Waals surface area contributed by atoms with Crippen molar-refractivity contribution >= 4 is 0 Å². The minimum Gasteiger partial charge on any atom is -0.508 e. The lowest BCUT2D eigenvalue weighted by Gasteiger charge is -2.06. The van der Waals surface area contributed by atoms with Crippen LogP contribution in [0.3, 0.4) is 0 Å². The lowest BCUT2D eigenvalue weighted by molar-refractivity contribution is 0.463. The van der Waals surface area contributed by atoms with Crippen LogP contribution in [0.1, 0.15) is 18.9 Å².